The Kier molecular flexibility index (Phi) is 7.67. The van der Waals surface area contributed by atoms with Crippen LogP contribution < -0.4 is 14.8 Å². The molecule has 2 rings (SSSR count). The van der Waals surface area contributed by atoms with Crippen LogP contribution in [0.4, 0.5) is 0 Å². The van der Waals surface area contributed by atoms with Gasteiger partial charge in [0.1, 0.15) is 0 Å². The van der Waals surface area contributed by atoms with E-state index in [-0.39, 0.29) is 0 Å². The van der Waals surface area contributed by atoms with Gasteiger partial charge < -0.3 is 14.8 Å². The third kappa shape index (κ3) is 5.22. The number of hydrogen-bond donors (Lipinski definition) is 1. The molecule has 2 aromatic carbocycles. The fourth-order valence-corrected chi connectivity index (χ4v) is 4.32. The first-order valence-corrected chi connectivity index (χ1v) is 10.7. The lowest BCUT2D eigenvalue weighted by atomic mass is 10.2. The molecule has 0 saturated carbocycles. The maximum absolute atomic E-state index is 12.5. The summed E-state index contributed by atoms with van der Waals surface area (Å²) in [6, 6.07) is 10.9. The maximum Gasteiger partial charge on any atom is 0.242 e. The molecule has 0 heterocycles. The number of ether oxygens (including phenoxy) is 2. The van der Waals surface area contributed by atoms with Crippen molar-refractivity contribution < 1.29 is 17.9 Å². The topological polar surface area (TPSA) is 67.9 Å². The van der Waals surface area contributed by atoms with Gasteiger partial charge in [-0.3, -0.25) is 0 Å². The van der Waals surface area contributed by atoms with Crippen molar-refractivity contribution in [3.8, 4) is 11.5 Å². The molecule has 0 spiro atoms. The number of halogens is 1. The van der Waals surface area contributed by atoms with Gasteiger partial charge in [-0.25, -0.2) is 12.7 Å². The number of sulfonamides is 1. The molecule has 0 fully saturated rings. The van der Waals surface area contributed by atoms with Crippen LogP contribution in [0.1, 0.15) is 18.1 Å². The summed E-state index contributed by atoms with van der Waals surface area (Å²) >= 11 is 3.51. The van der Waals surface area contributed by atoms with Gasteiger partial charge in [-0.1, -0.05) is 18.2 Å². The van der Waals surface area contributed by atoms with Crippen LogP contribution in [0, 0.1) is 0 Å². The monoisotopic (exact) mass is 456 g/mol. The Hall–Kier alpha value is -1.61. The van der Waals surface area contributed by atoms with Crippen molar-refractivity contribution in [2.45, 2.75) is 24.9 Å². The van der Waals surface area contributed by atoms with E-state index in [2.05, 4.69) is 21.2 Å². The molecular weight excluding hydrogens is 432 g/mol. The minimum Gasteiger partial charge on any atom is -0.493 e. The Balaban J connectivity index is 2.15. The van der Waals surface area contributed by atoms with Gasteiger partial charge in [0.15, 0.2) is 11.5 Å². The highest BCUT2D eigenvalue weighted by Crippen LogP contribution is 2.36. The van der Waals surface area contributed by atoms with Gasteiger partial charge in [-0.2, -0.15) is 0 Å². The highest BCUT2D eigenvalue weighted by molar-refractivity contribution is 9.10. The van der Waals surface area contributed by atoms with Crippen LogP contribution in [-0.2, 0) is 23.1 Å². The van der Waals surface area contributed by atoms with Crippen LogP contribution in [-0.4, -0.2) is 40.5 Å². The third-order valence-corrected chi connectivity index (χ3v) is 6.46. The Morgan fingerprint density at radius 3 is 2.48 bits per heavy atom. The highest BCUT2D eigenvalue weighted by atomic mass is 79.9. The normalized spacial score (nSPS) is 11.6. The molecule has 0 unspecified atom stereocenters. The van der Waals surface area contributed by atoms with Crippen molar-refractivity contribution in [2.75, 3.05) is 27.8 Å². The summed E-state index contributed by atoms with van der Waals surface area (Å²) < 4.78 is 38.0. The summed E-state index contributed by atoms with van der Waals surface area (Å²) in [5.41, 5.74) is 1.72. The summed E-state index contributed by atoms with van der Waals surface area (Å²) in [5.74, 6) is 1.32. The predicted molar refractivity (Wildman–Crippen MR) is 110 cm³/mol. The molecule has 148 valence electrons. The Labute approximate surface area is 169 Å². The number of hydrogen-bond acceptors (Lipinski definition) is 5. The van der Waals surface area contributed by atoms with Crippen LogP contribution in [0.15, 0.2) is 45.8 Å². The quantitative estimate of drug-likeness (QED) is 0.625. The molecular formula is C19H25BrN2O4S. The summed E-state index contributed by atoms with van der Waals surface area (Å²) in [5, 5.41) is 3.30. The zero-order valence-corrected chi connectivity index (χ0v) is 18.4. The number of nitrogens with one attached hydrogen (secondary N) is 1. The van der Waals surface area contributed by atoms with E-state index < -0.39 is 10.0 Å². The largest absolute Gasteiger partial charge is 0.493 e. The first-order valence-electron chi connectivity index (χ1n) is 8.51. The van der Waals surface area contributed by atoms with Crippen molar-refractivity contribution in [3.63, 3.8) is 0 Å². The Bertz CT molecular complexity index is 885. The highest BCUT2D eigenvalue weighted by Gasteiger charge is 2.20. The fourth-order valence-electron chi connectivity index (χ4n) is 2.60. The maximum atomic E-state index is 12.5. The van der Waals surface area contributed by atoms with Crippen LogP contribution >= 0.6 is 15.9 Å². The predicted octanol–water partition coefficient (Wildman–Crippen LogP) is 3.40. The van der Waals surface area contributed by atoms with Crippen molar-refractivity contribution >= 4 is 26.0 Å². The minimum atomic E-state index is -3.48. The van der Waals surface area contributed by atoms with Crippen LogP contribution in [0.5, 0.6) is 11.5 Å². The Morgan fingerprint density at radius 1 is 1.15 bits per heavy atom. The molecule has 0 aromatic heterocycles. The first kappa shape index (κ1) is 21.7. The van der Waals surface area contributed by atoms with Crippen LogP contribution in [0.2, 0.25) is 0 Å². The minimum absolute atomic E-state index is 0.313. The van der Waals surface area contributed by atoms with Gasteiger partial charge in [0.05, 0.1) is 23.1 Å². The second-order valence-electron chi connectivity index (χ2n) is 6.04. The van der Waals surface area contributed by atoms with E-state index in [4.69, 9.17) is 9.47 Å². The molecule has 0 aliphatic rings. The Morgan fingerprint density at radius 2 is 1.85 bits per heavy atom. The van der Waals surface area contributed by atoms with Gasteiger partial charge in [0.25, 0.3) is 0 Å². The molecule has 6 nitrogen and oxygen atoms in total. The summed E-state index contributed by atoms with van der Waals surface area (Å²) in [6.45, 7) is 3.44. The summed E-state index contributed by atoms with van der Waals surface area (Å²) in [4.78, 5) is 0.313. The van der Waals surface area contributed by atoms with E-state index in [9.17, 15) is 8.42 Å². The number of benzene rings is 2. The molecule has 2 aromatic rings. The van der Waals surface area contributed by atoms with Gasteiger partial charge in [0, 0.05) is 27.2 Å². The van der Waals surface area contributed by atoms with E-state index >= 15 is 0 Å². The van der Waals surface area contributed by atoms with Crippen molar-refractivity contribution in [3.05, 3.63) is 52.0 Å². The van der Waals surface area contributed by atoms with Gasteiger partial charge in [0.2, 0.25) is 10.0 Å². The fraction of sp³-hybridized carbons (Fsp3) is 0.368. The average molecular weight is 457 g/mol. The summed E-state index contributed by atoms with van der Waals surface area (Å²) in [6.07, 6.45) is 0. The lowest BCUT2D eigenvalue weighted by Gasteiger charge is -2.16. The number of nitrogens with zero attached hydrogens (tertiary/aromatic N) is 1. The number of methoxy groups -OCH3 is 1. The van der Waals surface area contributed by atoms with Gasteiger partial charge in [-0.05, 0) is 52.2 Å². The zero-order valence-electron chi connectivity index (χ0n) is 16.0. The van der Waals surface area contributed by atoms with Crippen molar-refractivity contribution in [1.29, 1.82) is 0 Å². The summed E-state index contributed by atoms with van der Waals surface area (Å²) in [7, 11) is 1.18. The van der Waals surface area contributed by atoms with Crippen LogP contribution in [0.25, 0.3) is 0 Å². The van der Waals surface area contributed by atoms with Crippen molar-refractivity contribution in [2.24, 2.45) is 0 Å². The second kappa shape index (κ2) is 9.54. The smallest absolute Gasteiger partial charge is 0.242 e. The average Bonchev–Trinajstić information content (AvgIpc) is 2.63. The molecule has 1 N–H and O–H groups in total. The zero-order chi connectivity index (χ0) is 20.0. The number of rotatable bonds is 9. The molecule has 8 heteroatoms. The first-order chi connectivity index (χ1) is 12.8. The molecule has 0 bridgehead atoms. The van der Waals surface area contributed by atoms with Gasteiger partial charge >= 0.3 is 0 Å². The van der Waals surface area contributed by atoms with E-state index in [1.54, 1.807) is 19.2 Å². The van der Waals surface area contributed by atoms with E-state index in [1.165, 1.54) is 18.4 Å². The molecule has 0 aliphatic heterocycles. The third-order valence-electron chi connectivity index (χ3n) is 3.95. The van der Waals surface area contributed by atoms with Crippen molar-refractivity contribution in [1.82, 2.24) is 9.62 Å². The lowest BCUT2D eigenvalue weighted by molar-refractivity contribution is 0.308. The molecule has 0 amide bonds. The molecule has 0 atom stereocenters. The van der Waals surface area contributed by atoms with E-state index in [0.717, 1.165) is 15.6 Å². The second-order valence-corrected chi connectivity index (χ2v) is 9.02. The standard InChI is InChI=1S/C19H25BrN2O4S/c1-5-26-19-16(20)10-14(11-17(19)25-4)12-21-13-15-8-6-7-9-18(15)27(23,24)22(2)3/h6-11,21H,5,12-13H2,1-4H3. The van der Waals surface area contributed by atoms with Gasteiger partial charge in [-0.15, -0.1) is 0 Å². The molecule has 0 aliphatic carbocycles. The molecule has 0 saturated heterocycles. The van der Waals surface area contributed by atoms with E-state index in [1.807, 2.05) is 31.2 Å². The molecule has 27 heavy (non-hydrogen) atoms. The lowest BCUT2D eigenvalue weighted by Crippen LogP contribution is -2.24. The van der Waals surface area contributed by atoms with E-state index in [0.29, 0.717) is 36.1 Å². The van der Waals surface area contributed by atoms with Crippen LogP contribution in [0.3, 0.4) is 0 Å². The molecule has 0 radical (unpaired) electrons. The SMILES string of the molecule is CCOc1c(Br)cc(CNCc2ccccc2S(=O)(=O)N(C)C)cc1OC.